The zero-order chi connectivity index (χ0) is 15.4. The second-order valence-corrected chi connectivity index (χ2v) is 5.84. The van der Waals surface area contributed by atoms with Gasteiger partial charge in [0.2, 0.25) is 5.78 Å². The smallest absolute Gasteiger partial charge is 0.265 e. The molecule has 3 aromatic rings. The normalized spacial score (nSPS) is 10.5. The molecular weight excluding hydrogens is 298 g/mol. The van der Waals surface area contributed by atoms with Crippen LogP contribution in [0.3, 0.4) is 0 Å². The number of carbonyl (C=O) groups is 2. The standard InChI is InChI=1S/C16H13N3O2S/c20-14(15(21)16-17-10-18-19-16)8-12-7-13(22-9-12)6-11-4-2-1-3-5-11/h1-5,7,9-10H,6,8H2,(H,17,18,19). The molecule has 0 aliphatic heterocycles. The number of hydrogen-bond donors (Lipinski definition) is 1. The minimum absolute atomic E-state index is 0.00950. The Hall–Kier alpha value is -2.60. The van der Waals surface area contributed by atoms with Crippen LogP contribution in [-0.2, 0) is 17.6 Å². The maximum atomic E-state index is 11.9. The Balaban J connectivity index is 1.64. The van der Waals surface area contributed by atoms with Crippen LogP contribution in [0.1, 0.15) is 26.6 Å². The molecule has 1 aromatic carbocycles. The monoisotopic (exact) mass is 311 g/mol. The van der Waals surface area contributed by atoms with Crippen LogP contribution in [0.5, 0.6) is 0 Å². The molecule has 0 bridgehead atoms. The molecule has 0 spiro atoms. The number of nitrogens with zero attached hydrogens (tertiary/aromatic N) is 2. The van der Waals surface area contributed by atoms with E-state index in [1.54, 1.807) is 11.3 Å². The molecule has 0 amide bonds. The van der Waals surface area contributed by atoms with Crippen molar-refractivity contribution in [1.29, 1.82) is 0 Å². The highest BCUT2D eigenvalue weighted by atomic mass is 32.1. The van der Waals surface area contributed by atoms with Crippen LogP contribution in [0.15, 0.2) is 48.1 Å². The quantitative estimate of drug-likeness (QED) is 0.560. The molecule has 5 nitrogen and oxygen atoms in total. The van der Waals surface area contributed by atoms with Crippen LogP contribution >= 0.6 is 11.3 Å². The number of thiophene rings is 1. The van der Waals surface area contributed by atoms with Crippen molar-refractivity contribution in [3.63, 3.8) is 0 Å². The minimum Gasteiger partial charge on any atom is -0.290 e. The van der Waals surface area contributed by atoms with E-state index in [9.17, 15) is 9.59 Å². The maximum absolute atomic E-state index is 11.9. The summed E-state index contributed by atoms with van der Waals surface area (Å²) in [7, 11) is 0. The summed E-state index contributed by atoms with van der Waals surface area (Å²) in [5, 5.41) is 7.91. The summed E-state index contributed by atoms with van der Waals surface area (Å²) in [4.78, 5) is 28.6. The first-order valence-electron chi connectivity index (χ1n) is 6.75. The Morgan fingerprint density at radius 2 is 1.95 bits per heavy atom. The largest absolute Gasteiger partial charge is 0.290 e. The van der Waals surface area contributed by atoms with Crippen LogP contribution in [0.2, 0.25) is 0 Å². The number of hydrogen-bond acceptors (Lipinski definition) is 5. The zero-order valence-electron chi connectivity index (χ0n) is 11.7. The first kappa shape index (κ1) is 14.3. The van der Waals surface area contributed by atoms with E-state index in [1.165, 1.54) is 16.8 Å². The van der Waals surface area contributed by atoms with E-state index in [-0.39, 0.29) is 12.2 Å². The molecule has 0 fully saturated rings. The van der Waals surface area contributed by atoms with Gasteiger partial charge in [0.1, 0.15) is 6.33 Å². The second-order valence-electron chi connectivity index (χ2n) is 4.85. The van der Waals surface area contributed by atoms with E-state index >= 15 is 0 Å². The molecule has 0 aliphatic rings. The lowest BCUT2D eigenvalue weighted by Crippen LogP contribution is -2.17. The highest BCUT2D eigenvalue weighted by Gasteiger charge is 2.19. The Morgan fingerprint density at radius 1 is 1.14 bits per heavy atom. The van der Waals surface area contributed by atoms with Crippen LogP contribution in [0.25, 0.3) is 0 Å². The predicted molar refractivity (Wildman–Crippen MR) is 83.0 cm³/mol. The molecule has 0 aliphatic carbocycles. The summed E-state index contributed by atoms with van der Waals surface area (Å²) in [6.07, 6.45) is 2.13. The average molecular weight is 311 g/mol. The van der Waals surface area contributed by atoms with Gasteiger partial charge in [-0.3, -0.25) is 14.7 Å². The molecular formula is C16H13N3O2S. The fraction of sp³-hybridized carbons (Fsp3) is 0.125. The summed E-state index contributed by atoms with van der Waals surface area (Å²) in [5.41, 5.74) is 2.08. The Labute approximate surface area is 131 Å². The number of H-pyrrole nitrogens is 1. The molecule has 1 N–H and O–H groups in total. The van der Waals surface area contributed by atoms with Gasteiger partial charge in [-0.1, -0.05) is 30.3 Å². The molecule has 0 atom stereocenters. The van der Waals surface area contributed by atoms with Crippen molar-refractivity contribution in [1.82, 2.24) is 15.2 Å². The van der Waals surface area contributed by atoms with Crippen molar-refractivity contribution in [2.24, 2.45) is 0 Å². The van der Waals surface area contributed by atoms with Crippen LogP contribution in [0.4, 0.5) is 0 Å². The van der Waals surface area contributed by atoms with Gasteiger partial charge in [0.25, 0.3) is 5.78 Å². The van der Waals surface area contributed by atoms with Gasteiger partial charge in [-0.25, -0.2) is 4.98 Å². The molecule has 0 saturated heterocycles. The average Bonchev–Trinajstić information content (AvgIpc) is 3.19. The van der Waals surface area contributed by atoms with Crippen molar-refractivity contribution in [2.45, 2.75) is 12.8 Å². The number of carbonyl (C=O) groups excluding carboxylic acids is 2. The number of nitrogens with one attached hydrogen (secondary N) is 1. The Kier molecular flexibility index (Phi) is 4.20. The van der Waals surface area contributed by atoms with Crippen molar-refractivity contribution in [3.8, 4) is 0 Å². The molecule has 0 radical (unpaired) electrons. The third-order valence-corrected chi connectivity index (χ3v) is 4.16. The molecule has 2 aromatic heterocycles. The van der Waals surface area contributed by atoms with Gasteiger partial charge in [-0.2, -0.15) is 5.10 Å². The van der Waals surface area contributed by atoms with E-state index < -0.39 is 11.6 Å². The van der Waals surface area contributed by atoms with E-state index in [0.29, 0.717) is 0 Å². The number of rotatable bonds is 6. The summed E-state index contributed by atoms with van der Waals surface area (Å²) >= 11 is 1.60. The molecule has 0 unspecified atom stereocenters. The van der Waals surface area contributed by atoms with Crippen molar-refractivity contribution in [2.75, 3.05) is 0 Å². The second kappa shape index (κ2) is 6.44. The van der Waals surface area contributed by atoms with Gasteiger partial charge < -0.3 is 0 Å². The van der Waals surface area contributed by atoms with E-state index in [2.05, 4.69) is 27.3 Å². The lowest BCUT2D eigenvalue weighted by atomic mass is 10.1. The zero-order valence-corrected chi connectivity index (χ0v) is 12.5. The summed E-state index contributed by atoms with van der Waals surface area (Å²) < 4.78 is 0. The van der Waals surface area contributed by atoms with E-state index in [0.717, 1.165) is 12.0 Å². The van der Waals surface area contributed by atoms with E-state index in [1.807, 2.05) is 29.6 Å². The van der Waals surface area contributed by atoms with Gasteiger partial charge in [0.05, 0.1) is 0 Å². The van der Waals surface area contributed by atoms with Crippen molar-refractivity contribution < 1.29 is 9.59 Å². The molecule has 6 heteroatoms. The molecule has 110 valence electrons. The van der Waals surface area contributed by atoms with Gasteiger partial charge >= 0.3 is 0 Å². The third kappa shape index (κ3) is 3.35. The minimum atomic E-state index is -0.631. The van der Waals surface area contributed by atoms with Gasteiger partial charge in [0.15, 0.2) is 5.82 Å². The highest BCUT2D eigenvalue weighted by molar-refractivity contribution is 7.10. The van der Waals surface area contributed by atoms with Gasteiger partial charge in [-0.15, -0.1) is 11.3 Å². The first-order chi connectivity index (χ1) is 10.7. The summed E-state index contributed by atoms with van der Waals surface area (Å²) in [6.45, 7) is 0. The highest BCUT2D eigenvalue weighted by Crippen LogP contribution is 2.19. The number of aromatic nitrogens is 3. The van der Waals surface area contributed by atoms with Crippen molar-refractivity contribution in [3.05, 3.63) is 69.9 Å². The first-order valence-corrected chi connectivity index (χ1v) is 7.63. The molecule has 3 rings (SSSR count). The van der Waals surface area contributed by atoms with Gasteiger partial charge in [0, 0.05) is 17.7 Å². The van der Waals surface area contributed by atoms with Gasteiger partial charge in [-0.05, 0) is 22.6 Å². The third-order valence-electron chi connectivity index (χ3n) is 3.18. The lowest BCUT2D eigenvalue weighted by molar-refractivity contribution is -0.114. The Bertz CT molecular complexity index is 779. The number of benzene rings is 1. The van der Waals surface area contributed by atoms with Crippen LogP contribution in [0, 0.1) is 0 Å². The molecule has 0 saturated carbocycles. The van der Waals surface area contributed by atoms with Crippen molar-refractivity contribution >= 4 is 22.9 Å². The maximum Gasteiger partial charge on any atom is 0.265 e. The number of Topliss-reactive ketones (excluding diaryl/α,β-unsaturated/α-hetero) is 2. The number of ketones is 2. The summed E-state index contributed by atoms with van der Waals surface area (Å²) in [5.74, 6) is -1.13. The summed E-state index contributed by atoms with van der Waals surface area (Å²) in [6, 6.07) is 12.1. The van der Waals surface area contributed by atoms with E-state index in [4.69, 9.17) is 0 Å². The Morgan fingerprint density at radius 3 is 2.68 bits per heavy atom. The number of aromatic amines is 1. The van der Waals surface area contributed by atoms with Crippen LogP contribution < -0.4 is 0 Å². The molecule has 2 heterocycles. The predicted octanol–water partition coefficient (Wildman–Crippen LogP) is 2.45. The SMILES string of the molecule is O=C(Cc1csc(Cc2ccccc2)c1)C(=O)c1ncn[nH]1. The van der Waals surface area contributed by atoms with Crippen LogP contribution in [-0.4, -0.2) is 26.7 Å². The fourth-order valence-electron chi connectivity index (χ4n) is 2.12. The lowest BCUT2D eigenvalue weighted by Gasteiger charge is -1.97. The topological polar surface area (TPSA) is 75.7 Å². The fourth-order valence-corrected chi connectivity index (χ4v) is 3.04. The molecule has 22 heavy (non-hydrogen) atoms.